The predicted octanol–water partition coefficient (Wildman–Crippen LogP) is 4.89. The maximum atomic E-state index is 16.6. The lowest BCUT2D eigenvalue weighted by Crippen LogP contribution is -2.55. The van der Waals surface area contributed by atoms with Gasteiger partial charge in [-0.15, -0.1) is 0 Å². The molecule has 2 bridgehead atoms. The van der Waals surface area contributed by atoms with E-state index in [1.807, 2.05) is 0 Å². The molecule has 234 valence electrons. The molecule has 8 rings (SSSR count). The molecule has 4 fully saturated rings. The molecular weight excluding hydrogens is 611 g/mol. The molecule has 5 aliphatic heterocycles. The highest BCUT2D eigenvalue weighted by atomic mass is 35.5. The molecular formula is C29H28ClF5N6O3. The predicted molar refractivity (Wildman–Crippen MR) is 148 cm³/mol. The SMILES string of the molecule is Oc1cc(Cl)c(C(F)(F)F)c(-c2nc3c4c(nc(OCC56CCCN5CC(F)C6)nc4c2F)C2NC4CCC(N4)C2CO3)c1. The first kappa shape index (κ1) is 28.4. The zero-order valence-corrected chi connectivity index (χ0v) is 24.0. The summed E-state index contributed by atoms with van der Waals surface area (Å²) < 4.78 is 85.8. The molecule has 0 saturated carbocycles. The van der Waals surface area contributed by atoms with Crippen molar-refractivity contribution in [2.45, 2.75) is 68.2 Å². The van der Waals surface area contributed by atoms with Gasteiger partial charge in [-0.2, -0.15) is 23.1 Å². The number of benzene rings is 1. The van der Waals surface area contributed by atoms with Gasteiger partial charge < -0.3 is 14.6 Å². The van der Waals surface area contributed by atoms with Crippen LogP contribution in [0.2, 0.25) is 5.02 Å². The summed E-state index contributed by atoms with van der Waals surface area (Å²) in [5.74, 6) is -2.06. The van der Waals surface area contributed by atoms with Crippen molar-refractivity contribution in [2.75, 3.05) is 26.3 Å². The van der Waals surface area contributed by atoms with E-state index in [0.29, 0.717) is 18.7 Å². The highest BCUT2D eigenvalue weighted by Gasteiger charge is 2.50. The maximum Gasteiger partial charge on any atom is 0.418 e. The Morgan fingerprint density at radius 2 is 2.02 bits per heavy atom. The van der Waals surface area contributed by atoms with Crippen LogP contribution in [-0.2, 0) is 6.18 Å². The first-order chi connectivity index (χ1) is 21.0. The van der Waals surface area contributed by atoms with Crippen molar-refractivity contribution in [3.05, 3.63) is 34.2 Å². The zero-order valence-electron chi connectivity index (χ0n) is 23.2. The van der Waals surface area contributed by atoms with E-state index < -0.39 is 57.3 Å². The number of aromatic nitrogens is 3. The third-order valence-corrected chi connectivity index (χ3v) is 10.1. The van der Waals surface area contributed by atoms with E-state index in [1.54, 1.807) is 0 Å². The molecule has 9 nitrogen and oxygen atoms in total. The third-order valence-electron chi connectivity index (χ3n) is 9.82. The van der Waals surface area contributed by atoms with Crippen LogP contribution < -0.4 is 20.1 Å². The number of phenolic OH excluding ortho intramolecular Hbond substituents is 1. The molecule has 3 aromatic rings. The summed E-state index contributed by atoms with van der Waals surface area (Å²) in [5.41, 5.74) is -3.33. The van der Waals surface area contributed by atoms with Crippen molar-refractivity contribution in [3.63, 3.8) is 0 Å². The Kier molecular flexibility index (Phi) is 6.43. The van der Waals surface area contributed by atoms with Gasteiger partial charge in [0.05, 0.1) is 46.0 Å². The number of pyridine rings is 1. The number of nitrogens with zero attached hydrogens (tertiary/aromatic N) is 4. The van der Waals surface area contributed by atoms with Crippen molar-refractivity contribution < 1.29 is 36.5 Å². The van der Waals surface area contributed by atoms with Gasteiger partial charge in [-0.1, -0.05) is 11.6 Å². The maximum absolute atomic E-state index is 16.6. The van der Waals surface area contributed by atoms with E-state index in [4.69, 9.17) is 26.1 Å². The molecule has 6 unspecified atom stereocenters. The van der Waals surface area contributed by atoms with Crippen LogP contribution in [0.5, 0.6) is 17.6 Å². The van der Waals surface area contributed by atoms with Gasteiger partial charge >= 0.3 is 12.2 Å². The zero-order chi connectivity index (χ0) is 30.5. The second-order valence-corrected chi connectivity index (χ2v) is 12.8. The van der Waals surface area contributed by atoms with E-state index >= 15 is 4.39 Å². The van der Waals surface area contributed by atoms with Crippen LogP contribution in [0.15, 0.2) is 12.1 Å². The smallest absolute Gasteiger partial charge is 0.418 e. The summed E-state index contributed by atoms with van der Waals surface area (Å²) in [6.07, 6.45) is -2.33. The lowest BCUT2D eigenvalue weighted by atomic mass is 9.88. The minimum absolute atomic E-state index is 0.0102. The molecule has 3 N–H and O–H groups in total. The van der Waals surface area contributed by atoms with Crippen LogP contribution in [0.25, 0.3) is 22.2 Å². The van der Waals surface area contributed by atoms with Gasteiger partial charge in [-0.3, -0.25) is 15.5 Å². The first-order valence-electron chi connectivity index (χ1n) is 14.7. The minimum atomic E-state index is -4.99. The van der Waals surface area contributed by atoms with E-state index in [2.05, 4.69) is 25.5 Å². The highest BCUT2D eigenvalue weighted by Crippen LogP contribution is 2.48. The number of nitrogens with one attached hydrogen (secondary N) is 2. The number of hydrogen-bond donors (Lipinski definition) is 3. The molecule has 0 radical (unpaired) electrons. The van der Waals surface area contributed by atoms with E-state index in [1.165, 1.54) is 0 Å². The molecule has 7 heterocycles. The minimum Gasteiger partial charge on any atom is -0.508 e. The Labute approximate surface area is 253 Å². The van der Waals surface area contributed by atoms with Crippen LogP contribution in [0.3, 0.4) is 0 Å². The Morgan fingerprint density at radius 3 is 2.84 bits per heavy atom. The second-order valence-electron chi connectivity index (χ2n) is 12.4. The number of alkyl halides is 4. The van der Waals surface area contributed by atoms with Crippen molar-refractivity contribution in [1.82, 2.24) is 30.5 Å². The van der Waals surface area contributed by atoms with Crippen molar-refractivity contribution in [1.29, 1.82) is 0 Å². The summed E-state index contributed by atoms with van der Waals surface area (Å²) in [5, 5.41) is 16.5. The van der Waals surface area contributed by atoms with Crippen LogP contribution in [0.4, 0.5) is 22.0 Å². The Bertz CT molecular complexity index is 1680. The Hall–Kier alpha value is -3.07. The molecule has 1 aromatic carbocycles. The molecule has 0 aliphatic carbocycles. The van der Waals surface area contributed by atoms with Gasteiger partial charge in [-0.25, -0.2) is 13.8 Å². The number of hydrogen-bond acceptors (Lipinski definition) is 9. The second kappa shape index (κ2) is 9.96. The monoisotopic (exact) mass is 638 g/mol. The van der Waals surface area contributed by atoms with Gasteiger partial charge in [-0.05, 0) is 44.4 Å². The Morgan fingerprint density at radius 1 is 1.18 bits per heavy atom. The largest absolute Gasteiger partial charge is 0.508 e. The molecule has 4 saturated heterocycles. The molecule has 44 heavy (non-hydrogen) atoms. The van der Waals surface area contributed by atoms with Crippen molar-refractivity contribution >= 4 is 22.5 Å². The van der Waals surface area contributed by atoms with Gasteiger partial charge in [0.2, 0.25) is 5.88 Å². The Balaban J connectivity index is 1.31. The summed E-state index contributed by atoms with van der Waals surface area (Å²) >= 11 is 5.92. The number of ether oxygens (including phenoxy) is 2. The lowest BCUT2D eigenvalue weighted by Gasteiger charge is -2.37. The number of aromatic hydroxyl groups is 1. The van der Waals surface area contributed by atoms with Crippen molar-refractivity contribution in [2.24, 2.45) is 5.92 Å². The molecule has 0 spiro atoms. The third kappa shape index (κ3) is 4.39. The molecule has 5 aliphatic rings. The average molecular weight is 639 g/mol. The number of phenols is 1. The fourth-order valence-electron chi connectivity index (χ4n) is 7.91. The topological polar surface area (TPSA) is 105 Å². The van der Waals surface area contributed by atoms with Gasteiger partial charge in [0.15, 0.2) is 5.82 Å². The lowest BCUT2D eigenvalue weighted by molar-refractivity contribution is -0.137. The molecule has 0 amide bonds. The fraction of sp³-hybridized carbons (Fsp3) is 0.552. The molecule has 6 atom stereocenters. The first-order valence-corrected chi connectivity index (χ1v) is 15.1. The average Bonchev–Trinajstić information content (AvgIpc) is 3.59. The van der Waals surface area contributed by atoms with Crippen LogP contribution >= 0.6 is 11.6 Å². The number of fused-ring (bicyclic) bond motifs is 6. The van der Waals surface area contributed by atoms with E-state index in [-0.39, 0.29) is 54.1 Å². The molecule has 2 aromatic heterocycles. The van der Waals surface area contributed by atoms with Crippen LogP contribution in [0.1, 0.15) is 49.4 Å². The summed E-state index contributed by atoms with van der Waals surface area (Å²) in [4.78, 5) is 15.4. The quantitative estimate of drug-likeness (QED) is 0.345. The summed E-state index contributed by atoms with van der Waals surface area (Å²) in [7, 11) is 0. The number of rotatable bonds is 4. The standard InChI is InChI=1S/C29H28ClF5N6O3/c30-16-7-13(42)6-14(20(16)29(33,34)35)22-21(32)24-19-25(23-15(10-43-26(19)38-22)17-2-3-18(36-17)37-23)40-27(39-24)44-11-28-4-1-5-41(28)9-12(31)8-28/h6-7,12,15,17-18,23,36-37,42H,1-5,8-11H2. The fourth-order valence-corrected chi connectivity index (χ4v) is 8.24. The van der Waals surface area contributed by atoms with Gasteiger partial charge in [0.1, 0.15) is 29.7 Å². The van der Waals surface area contributed by atoms with Gasteiger partial charge in [0.25, 0.3) is 0 Å². The highest BCUT2D eigenvalue weighted by molar-refractivity contribution is 6.32. The van der Waals surface area contributed by atoms with Crippen LogP contribution in [-0.4, -0.2) is 75.2 Å². The normalized spacial score (nSPS) is 31.1. The molecule has 15 heteroatoms. The number of halogens is 6. The summed E-state index contributed by atoms with van der Waals surface area (Å²) in [6.45, 7) is 1.27. The summed E-state index contributed by atoms with van der Waals surface area (Å²) in [6, 6.07) is 0.988. The van der Waals surface area contributed by atoms with Crippen molar-refractivity contribution in [3.8, 4) is 28.9 Å². The van der Waals surface area contributed by atoms with E-state index in [9.17, 15) is 22.7 Å². The van der Waals surface area contributed by atoms with Gasteiger partial charge in [0, 0.05) is 30.5 Å². The van der Waals surface area contributed by atoms with Crippen LogP contribution in [0, 0.1) is 11.7 Å². The van der Waals surface area contributed by atoms with E-state index in [0.717, 1.165) is 44.4 Å².